The average Bonchev–Trinajstić information content (AvgIpc) is 2.99. The number of ether oxygens (including phenoxy) is 1. The number of carbonyl (C=O) groups is 3. The third-order valence-electron chi connectivity index (χ3n) is 7.07. The van der Waals surface area contributed by atoms with Crippen LogP contribution in [0.5, 0.6) is 0 Å². The summed E-state index contributed by atoms with van der Waals surface area (Å²) in [5.41, 5.74) is 3.89. The van der Waals surface area contributed by atoms with E-state index in [1.165, 1.54) is 11.3 Å². The van der Waals surface area contributed by atoms with Crippen LogP contribution in [0.1, 0.15) is 62.6 Å². The van der Waals surface area contributed by atoms with Crippen LogP contribution in [0, 0.1) is 12.8 Å². The van der Waals surface area contributed by atoms with E-state index in [2.05, 4.69) is 5.32 Å². The molecule has 1 unspecified atom stereocenters. The van der Waals surface area contributed by atoms with Gasteiger partial charge in [0.15, 0.2) is 0 Å². The molecule has 2 aliphatic rings. The van der Waals surface area contributed by atoms with E-state index in [1.54, 1.807) is 0 Å². The molecule has 8 heteroatoms. The number of hydrogen-bond donors (Lipinski definition) is 1. The third kappa shape index (κ3) is 6.60. The van der Waals surface area contributed by atoms with Gasteiger partial charge in [-0.05, 0) is 36.8 Å². The molecule has 8 nitrogen and oxygen atoms in total. The standard InChI is InChI=1S/C30H38N4O4/c1-21(2)26-24-16-12-13-22(3)27(24)34(19-25(35)33-17-10-5-4-6-11-18-33)29(36)28(31-26)32-30(37)38-20-23-14-8-7-9-15-23/h7-9,12-16,21,28H,4-6,10-11,17-20H2,1-3H3,(H,32,37). The first-order valence-corrected chi connectivity index (χ1v) is 13.6. The number of benzene rings is 2. The Kier molecular flexibility index (Phi) is 9.15. The fraction of sp³-hybridized carbons (Fsp3) is 0.467. The molecule has 0 spiro atoms. The zero-order valence-electron chi connectivity index (χ0n) is 22.6. The number of amides is 3. The van der Waals surface area contributed by atoms with Crippen LogP contribution in [0.4, 0.5) is 10.5 Å². The summed E-state index contributed by atoms with van der Waals surface area (Å²) in [5.74, 6) is -0.556. The number of anilines is 1. The van der Waals surface area contributed by atoms with Crippen LogP contribution in [0.2, 0.25) is 0 Å². The van der Waals surface area contributed by atoms with Crippen LogP contribution in [0.15, 0.2) is 53.5 Å². The maximum Gasteiger partial charge on any atom is 0.409 e. The highest BCUT2D eigenvalue weighted by molar-refractivity contribution is 6.15. The van der Waals surface area contributed by atoms with Gasteiger partial charge in [-0.15, -0.1) is 0 Å². The number of likely N-dealkylation sites (tertiary alicyclic amines) is 1. The molecule has 2 heterocycles. The zero-order valence-corrected chi connectivity index (χ0v) is 22.6. The van der Waals surface area contributed by atoms with E-state index in [4.69, 9.17) is 9.73 Å². The van der Waals surface area contributed by atoms with Crippen molar-refractivity contribution in [1.29, 1.82) is 0 Å². The van der Waals surface area contributed by atoms with Gasteiger partial charge in [-0.2, -0.15) is 0 Å². The summed E-state index contributed by atoms with van der Waals surface area (Å²) in [6, 6.07) is 15.1. The predicted octanol–water partition coefficient (Wildman–Crippen LogP) is 4.83. The van der Waals surface area contributed by atoms with E-state index in [-0.39, 0.29) is 25.0 Å². The minimum Gasteiger partial charge on any atom is -0.445 e. The summed E-state index contributed by atoms with van der Waals surface area (Å²) < 4.78 is 5.39. The molecule has 0 aliphatic carbocycles. The first kappa shape index (κ1) is 27.4. The number of hydrogen-bond acceptors (Lipinski definition) is 5. The molecule has 4 rings (SSSR count). The van der Waals surface area contributed by atoms with E-state index >= 15 is 0 Å². The molecular weight excluding hydrogens is 480 g/mol. The third-order valence-corrected chi connectivity index (χ3v) is 7.07. The first-order valence-electron chi connectivity index (χ1n) is 13.6. The van der Waals surface area contributed by atoms with Crippen molar-refractivity contribution in [2.75, 3.05) is 24.5 Å². The smallest absolute Gasteiger partial charge is 0.409 e. The molecule has 0 radical (unpaired) electrons. The summed E-state index contributed by atoms with van der Waals surface area (Å²) in [6.45, 7) is 7.30. The van der Waals surface area contributed by atoms with Crippen molar-refractivity contribution in [3.8, 4) is 0 Å². The molecule has 0 bridgehead atoms. The number of para-hydroxylation sites is 1. The van der Waals surface area contributed by atoms with Crippen LogP contribution in [-0.2, 0) is 20.9 Å². The maximum absolute atomic E-state index is 14.0. The minimum absolute atomic E-state index is 0.0157. The molecule has 3 amide bonds. The van der Waals surface area contributed by atoms with E-state index in [9.17, 15) is 14.4 Å². The van der Waals surface area contributed by atoms with Crippen molar-refractivity contribution in [3.63, 3.8) is 0 Å². The summed E-state index contributed by atoms with van der Waals surface area (Å²) in [7, 11) is 0. The van der Waals surface area contributed by atoms with Crippen molar-refractivity contribution in [3.05, 3.63) is 65.2 Å². The highest BCUT2D eigenvalue weighted by Crippen LogP contribution is 2.31. The molecule has 2 aliphatic heterocycles. The highest BCUT2D eigenvalue weighted by atomic mass is 16.5. The second-order valence-electron chi connectivity index (χ2n) is 10.3. The van der Waals surface area contributed by atoms with Crippen molar-refractivity contribution in [2.24, 2.45) is 10.9 Å². The van der Waals surface area contributed by atoms with Crippen molar-refractivity contribution in [2.45, 2.75) is 65.6 Å². The van der Waals surface area contributed by atoms with Gasteiger partial charge < -0.3 is 9.64 Å². The van der Waals surface area contributed by atoms with Crippen LogP contribution in [0.25, 0.3) is 0 Å². The molecule has 1 fully saturated rings. The SMILES string of the molecule is Cc1cccc2c1N(CC(=O)N1CCCCCCC1)C(=O)C(NC(=O)OCc1ccccc1)N=C2C(C)C. The summed E-state index contributed by atoms with van der Waals surface area (Å²) in [6.07, 6.45) is 3.40. The van der Waals surface area contributed by atoms with Crippen LogP contribution in [0.3, 0.4) is 0 Å². The summed E-state index contributed by atoms with van der Waals surface area (Å²) in [4.78, 5) is 48.3. The highest BCUT2D eigenvalue weighted by Gasteiger charge is 2.36. The Labute approximate surface area is 225 Å². The molecule has 2 aromatic carbocycles. The number of alkyl carbamates (subject to hydrolysis) is 1. The molecule has 1 N–H and O–H groups in total. The van der Waals surface area contributed by atoms with Gasteiger partial charge in [0.1, 0.15) is 13.2 Å². The Bertz CT molecular complexity index is 1170. The van der Waals surface area contributed by atoms with E-state index in [0.29, 0.717) is 24.5 Å². The van der Waals surface area contributed by atoms with Crippen molar-refractivity contribution >= 4 is 29.3 Å². The quantitative estimate of drug-likeness (QED) is 0.593. The monoisotopic (exact) mass is 518 g/mol. The Morgan fingerprint density at radius 2 is 1.68 bits per heavy atom. The average molecular weight is 519 g/mol. The van der Waals surface area contributed by atoms with Gasteiger partial charge in [0.2, 0.25) is 12.1 Å². The van der Waals surface area contributed by atoms with E-state index in [0.717, 1.165) is 42.4 Å². The number of rotatable bonds is 6. The number of benzodiazepines with no additional fused rings is 1. The van der Waals surface area contributed by atoms with Gasteiger partial charge in [-0.25, -0.2) is 4.79 Å². The molecular formula is C30H38N4O4. The Hall–Kier alpha value is -3.68. The van der Waals surface area contributed by atoms with Crippen LogP contribution in [-0.4, -0.2) is 54.3 Å². The predicted molar refractivity (Wildman–Crippen MR) is 148 cm³/mol. The molecule has 0 aromatic heterocycles. The lowest BCUT2D eigenvalue weighted by atomic mass is 9.96. The topological polar surface area (TPSA) is 91.3 Å². The number of nitrogens with one attached hydrogen (secondary N) is 1. The fourth-order valence-corrected chi connectivity index (χ4v) is 5.07. The number of aliphatic imine (C=N–C) groups is 1. The van der Waals surface area contributed by atoms with Gasteiger partial charge >= 0.3 is 6.09 Å². The largest absolute Gasteiger partial charge is 0.445 e. The normalized spacial score (nSPS) is 18.2. The van der Waals surface area contributed by atoms with Gasteiger partial charge in [-0.1, -0.05) is 81.6 Å². The molecule has 1 atom stereocenters. The van der Waals surface area contributed by atoms with Crippen LogP contribution >= 0.6 is 0 Å². The van der Waals surface area contributed by atoms with Gasteiger partial charge in [0, 0.05) is 24.4 Å². The number of carbonyl (C=O) groups excluding carboxylic acids is 3. The van der Waals surface area contributed by atoms with Gasteiger partial charge in [0.25, 0.3) is 5.91 Å². The molecule has 202 valence electrons. The van der Waals surface area contributed by atoms with Crippen LogP contribution < -0.4 is 10.2 Å². The van der Waals surface area contributed by atoms with E-state index < -0.39 is 18.2 Å². The lowest BCUT2D eigenvalue weighted by Gasteiger charge is -2.30. The summed E-state index contributed by atoms with van der Waals surface area (Å²) >= 11 is 0. The second kappa shape index (κ2) is 12.7. The second-order valence-corrected chi connectivity index (χ2v) is 10.3. The minimum atomic E-state index is -1.21. The molecule has 38 heavy (non-hydrogen) atoms. The lowest BCUT2D eigenvalue weighted by Crippen LogP contribution is -2.51. The van der Waals surface area contributed by atoms with Crippen molar-refractivity contribution < 1.29 is 19.1 Å². The Balaban J connectivity index is 1.61. The zero-order chi connectivity index (χ0) is 27.1. The number of aryl methyl sites for hydroxylation is 1. The number of fused-ring (bicyclic) bond motifs is 1. The van der Waals surface area contributed by atoms with Crippen molar-refractivity contribution in [1.82, 2.24) is 10.2 Å². The van der Waals surface area contributed by atoms with E-state index in [1.807, 2.05) is 74.2 Å². The molecule has 2 aromatic rings. The van der Waals surface area contributed by atoms with Gasteiger partial charge in [-0.3, -0.25) is 24.8 Å². The Morgan fingerprint density at radius 1 is 1.00 bits per heavy atom. The Morgan fingerprint density at radius 3 is 2.37 bits per heavy atom. The van der Waals surface area contributed by atoms with Gasteiger partial charge in [0.05, 0.1) is 5.69 Å². The molecule has 1 saturated heterocycles. The maximum atomic E-state index is 14.0. The molecule has 0 saturated carbocycles. The fourth-order valence-electron chi connectivity index (χ4n) is 5.07. The lowest BCUT2D eigenvalue weighted by molar-refractivity contribution is -0.132. The first-order chi connectivity index (χ1) is 18.3. The number of nitrogens with zero attached hydrogens (tertiary/aromatic N) is 3. The summed E-state index contributed by atoms with van der Waals surface area (Å²) in [5, 5.41) is 2.65.